The first-order valence-electron chi connectivity index (χ1n) is 11.5. The van der Waals surface area contributed by atoms with Crippen LogP contribution in [-0.4, -0.2) is 37.1 Å². The van der Waals surface area contributed by atoms with Gasteiger partial charge in [0.25, 0.3) is 0 Å². The fourth-order valence-electron chi connectivity index (χ4n) is 3.51. The number of amides is 2. The van der Waals surface area contributed by atoms with E-state index in [2.05, 4.69) is 10.6 Å². The summed E-state index contributed by atoms with van der Waals surface area (Å²) in [5.41, 5.74) is 0.390. The summed E-state index contributed by atoms with van der Waals surface area (Å²) in [6.45, 7) is 0. The van der Waals surface area contributed by atoms with Crippen LogP contribution in [0.4, 0.5) is 16.2 Å². The summed E-state index contributed by atoms with van der Waals surface area (Å²) in [7, 11) is -5.77. The lowest BCUT2D eigenvalue weighted by Crippen LogP contribution is -2.20. The van der Waals surface area contributed by atoms with Crippen LogP contribution in [0.5, 0.6) is 23.0 Å². The van der Waals surface area contributed by atoms with Gasteiger partial charge in [0.2, 0.25) is 0 Å². The Labute approximate surface area is 231 Å². The number of para-hydroxylation sites is 4. The number of benzene rings is 4. The quantitative estimate of drug-likeness (QED) is 0.249. The molecular formula is C27H24N2O9S2. The normalized spacial score (nSPS) is 11.2. The van der Waals surface area contributed by atoms with Crippen molar-refractivity contribution in [2.45, 2.75) is 9.79 Å². The zero-order valence-corrected chi connectivity index (χ0v) is 22.9. The van der Waals surface area contributed by atoms with Crippen LogP contribution in [0, 0.1) is 0 Å². The maximum Gasteiger partial charge on any atom is 0.343 e. The average Bonchev–Trinajstić information content (AvgIpc) is 2.94. The van der Waals surface area contributed by atoms with Gasteiger partial charge in [-0.1, -0.05) is 36.4 Å². The van der Waals surface area contributed by atoms with E-state index >= 15 is 0 Å². The Hall–Kier alpha value is -4.75. The van der Waals surface area contributed by atoms with Crippen LogP contribution in [0.1, 0.15) is 0 Å². The first kappa shape index (κ1) is 28.3. The first-order chi connectivity index (χ1) is 19.1. The topological polar surface area (TPSA) is 146 Å². The summed E-state index contributed by atoms with van der Waals surface area (Å²) in [6.07, 6.45) is 0. The van der Waals surface area contributed by atoms with Gasteiger partial charge in [-0.25, -0.2) is 4.79 Å². The molecule has 13 heteroatoms. The summed E-state index contributed by atoms with van der Waals surface area (Å²) in [4.78, 5) is 12.3. The lowest BCUT2D eigenvalue weighted by molar-refractivity contribution is 0.262. The molecule has 11 nitrogen and oxygen atoms in total. The lowest BCUT2D eigenvalue weighted by Gasteiger charge is -2.14. The molecule has 0 aliphatic heterocycles. The van der Waals surface area contributed by atoms with E-state index in [-0.39, 0.29) is 38.5 Å². The van der Waals surface area contributed by atoms with Gasteiger partial charge in [-0.15, -0.1) is 0 Å². The van der Waals surface area contributed by atoms with E-state index in [1.165, 1.54) is 80.9 Å². The molecule has 0 aliphatic rings. The standard InChI is InChI=1S/C27H24N2O9S2/c1-35-23-11-5-7-13-25(23)39(31,32)37-20-17-15-19(16-18-20)28-27(30)29-21-9-3-4-10-22(21)38-40(33,34)26-14-8-6-12-24(26)36-2/h3-18H,1-2H3,(H2,28,29,30). The smallest absolute Gasteiger partial charge is 0.343 e. The number of ether oxygens (including phenoxy) is 2. The highest BCUT2D eigenvalue weighted by Gasteiger charge is 2.24. The van der Waals surface area contributed by atoms with Crippen molar-refractivity contribution < 1.29 is 39.5 Å². The number of rotatable bonds is 10. The summed E-state index contributed by atoms with van der Waals surface area (Å²) in [5, 5.41) is 5.11. The SMILES string of the molecule is COc1ccccc1S(=O)(=O)Oc1ccc(NC(=O)Nc2ccccc2OS(=O)(=O)c2ccccc2OC)cc1. The van der Waals surface area contributed by atoms with Crippen molar-refractivity contribution in [3.63, 3.8) is 0 Å². The Bertz CT molecular complexity index is 1720. The van der Waals surface area contributed by atoms with Gasteiger partial charge in [0, 0.05) is 5.69 Å². The van der Waals surface area contributed by atoms with Crippen molar-refractivity contribution in [2.24, 2.45) is 0 Å². The van der Waals surface area contributed by atoms with Crippen LogP contribution >= 0.6 is 0 Å². The number of carbonyl (C=O) groups excluding carboxylic acids is 1. The zero-order valence-electron chi connectivity index (χ0n) is 21.2. The summed E-state index contributed by atoms with van der Waals surface area (Å²) in [5.74, 6) is 0.136. The molecule has 0 saturated heterocycles. The second-order valence-corrected chi connectivity index (χ2v) is 11.0. The van der Waals surface area contributed by atoms with Gasteiger partial charge in [0.15, 0.2) is 5.75 Å². The molecule has 4 rings (SSSR count). The van der Waals surface area contributed by atoms with Crippen molar-refractivity contribution >= 4 is 37.6 Å². The molecule has 4 aromatic rings. The van der Waals surface area contributed by atoms with E-state index in [1.807, 2.05) is 0 Å². The fraction of sp³-hybridized carbons (Fsp3) is 0.0741. The van der Waals surface area contributed by atoms with Gasteiger partial charge >= 0.3 is 26.3 Å². The Balaban J connectivity index is 1.44. The van der Waals surface area contributed by atoms with E-state index in [9.17, 15) is 21.6 Å². The van der Waals surface area contributed by atoms with Crippen molar-refractivity contribution in [3.05, 3.63) is 97.1 Å². The monoisotopic (exact) mass is 584 g/mol. The molecule has 0 saturated carbocycles. The second-order valence-electron chi connectivity index (χ2n) is 7.98. The number of urea groups is 1. The van der Waals surface area contributed by atoms with Crippen molar-refractivity contribution in [3.8, 4) is 23.0 Å². The highest BCUT2D eigenvalue weighted by molar-refractivity contribution is 7.87. The third-order valence-electron chi connectivity index (χ3n) is 5.33. The van der Waals surface area contributed by atoms with Gasteiger partial charge in [-0.05, 0) is 60.7 Å². The summed E-state index contributed by atoms with van der Waals surface area (Å²) >= 11 is 0. The number of hydrogen-bond acceptors (Lipinski definition) is 9. The van der Waals surface area contributed by atoms with Crippen molar-refractivity contribution in [2.75, 3.05) is 24.9 Å². The second kappa shape index (κ2) is 12.0. The van der Waals surface area contributed by atoms with Gasteiger partial charge in [-0.2, -0.15) is 16.8 Å². The number of methoxy groups -OCH3 is 2. The molecule has 2 N–H and O–H groups in total. The summed E-state index contributed by atoms with van der Waals surface area (Å²) in [6, 6.07) is 22.9. The molecular weight excluding hydrogens is 560 g/mol. The molecule has 0 radical (unpaired) electrons. The molecule has 0 heterocycles. The molecule has 2 amide bonds. The maximum atomic E-state index is 12.9. The average molecular weight is 585 g/mol. The van der Waals surface area contributed by atoms with E-state index in [4.69, 9.17) is 17.8 Å². The number of anilines is 2. The lowest BCUT2D eigenvalue weighted by atomic mass is 10.3. The minimum atomic E-state index is -4.29. The third kappa shape index (κ3) is 6.62. The van der Waals surface area contributed by atoms with Crippen LogP contribution in [0.2, 0.25) is 0 Å². The molecule has 0 unspecified atom stereocenters. The minimum Gasteiger partial charge on any atom is -0.495 e. The Morgan fingerprint density at radius 1 is 0.575 bits per heavy atom. The molecule has 0 fully saturated rings. The predicted octanol–water partition coefficient (Wildman–Crippen LogP) is 4.88. The molecule has 40 heavy (non-hydrogen) atoms. The zero-order chi connectivity index (χ0) is 28.8. The van der Waals surface area contributed by atoms with E-state index in [0.717, 1.165) is 0 Å². The molecule has 0 bridgehead atoms. The van der Waals surface area contributed by atoms with Gasteiger partial charge in [0.1, 0.15) is 27.0 Å². The summed E-state index contributed by atoms with van der Waals surface area (Å²) < 4.78 is 71.7. The Morgan fingerprint density at radius 2 is 1.05 bits per heavy atom. The van der Waals surface area contributed by atoms with E-state index < -0.39 is 26.3 Å². The number of nitrogens with one attached hydrogen (secondary N) is 2. The molecule has 4 aromatic carbocycles. The highest BCUT2D eigenvalue weighted by atomic mass is 32.2. The van der Waals surface area contributed by atoms with Crippen molar-refractivity contribution in [1.29, 1.82) is 0 Å². The fourth-order valence-corrected chi connectivity index (χ4v) is 5.72. The van der Waals surface area contributed by atoms with Crippen LogP contribution in [0.3, 0.4) is 0 Å². The molecule has 0 atom stereocenters. The Morgan fingerprint density at radius 3 is 1.60 bits per heavy atom. The Kier molecular flexibility index (Phi) is 8.46. The number of carbonyl (C=O) groups is 1. The molecule has 0 spiro atoms. The van der Waals surface area contributed by atoms with Crippen LogP contribution < -0.4 is 28.5 Å². The van der Waals surface area contributed by atoms with Gasteiger partial charge in [0.05, 0.1) is 19.9 Å². The largest absolute Gasteiger partial charge is 0.495 e. The van der Waals surface area contributed by atoms with Gasteiger partial charge < -0.3 is 28.5 Å². The van der Waals surface area contributed by atoms with Crippen LogP contribution in [0.25, 0.3) is 0 Å². The van der Waals surface area contributed by atoms with E-state index in [0.29, 0.717) is 5.69 Å². The molecule has 208 valence electrons. The maximum absolute atomic E-state index is 12.9. The molecule has 0 aliphatic carbocycles. The van der Waals surface area contributed by atoms with Crippen molar-refractivity contribution in [1.82, 2.24) is 0 Å². The third-order valence-corrected chi connectivity index (χ3v) is 7.89. The van der Waals surface area contributed by atoms with Crippen LogP contribution in [-0.2, 0) is 20.2 Å². The predicted molar refractivity (Wildman–Crippen MR) is 147 cm³/mol. The number of hydrogen-bond donors (Lipinski definition) is 2. The van der Waals surface area contributed by atoms with Gasteiger partial charge in [-0.3, -0.25) is 0 Å². The van der Waals surface area contributed by atoms with E-state index in [1.54, 1.807) is 30.3 Å². The first-order valence-corrected chi connectivity index (χ1v) is 14.4. The molecule has 0 aromatic heterocycles. The highest BCUT2D eigenvalue weighted by Crippen LogP contribution is 2.31. The minimum absolute atomic E-state index is 0.0113. The van der Waals surface area contributed by atoms with Crippen LogP contribution in [0.15, 0.2) is 107 Å².